The highest BCUT2D eigenvalue weighted by Crippen LogP contribution is 2.39. The van der Waals surface area contributed by atoms with Crippen LogP contribution >= 0.6 is 11.6 Å². The van der Waals surface area contributed by atoms with E-state index in [0.717, 1.165) is 11.6 Å². The minimum absolute atomic E-state index is 0.439. The second kappa shape index (κ2) is 4.34. The number of alkyl halides is 1. The number of aromatic nitrogens is 3. The first-order valence-electron chi connectivity index (χ1n) is 6.99. The van der Waals surface area contributed by atoms with E-state index < -0.39 is 0 Å². The molecule has 0 amide bonds. The van der Waals surface area contributed by atoms with Gasteiger partial charge in [0.25, 0.3) is 0 Å². The first-order valence-corrected chi connectivity index (χ1v) is 7.52. The van der Waals surface area contributed by atoms with Crippen molar-refractivity contribution in [3.05, 3.63) is 35.2 Å². The average Bonchev–Trinajstić information content (AvgIpc) is 3.02. The predicted octanol–water partition coefficient (Wildman–Crippen LogP) is 3.51. The summed E-state index contributed by atoms with van der Waals surface area (Å²) in [5.41, 5.74) is 4.17. The van der Waals surface area contributed by atoms with E-state index in [1.165, 1.54) is 48.8 Å². The van der Waals surface area contributed by atoms with Gasteiger partial charge in [-0.25, -0.2) is 0 Å². The van der Waals surface area contributed by atoms with Gasteiger partial charge in [0.15, 0.2) is 5.82 Å². The van der Waals surface area contributed by atoms with Gasteiger partial charge in [-0.1, -0.05) is 12.1 Å². The fraction of sp³-hybridized carbons (Fsp3) is 0.467. The highest BCUT2D eigenvalue weighted by Gasteiger charge is 2.29. The molecule has 1 aromatic carbocycles. The number of aryl methyl sites for hydroxylation is 2. The maximum atomic E-state index is 5.98. The molecule has 0 radical (unpaired) electrons. The Balaban J connectivity index is 1.81. The van der Waals surface area contributed by atoms with E-state index in [9.17, 15) is 0 Å². The van der Waals surface area contributed by atoms with Crippen molar-refractivity contribution in [3.63, 3.8) is 0 Å². The van der Waals surface area contributed by atoms with Crippen LogP contribution in [-0.4, -0.2) is 14.8 Å². The van der Waals surface area contributed by atoms with E-state index >= 15 is 0 Å². The van der Waals surface area contributed by atoms with Gasteiger partial charge in [0, 0.05) is 11.6 Å². The molecule has 0 bridgehead atoms. The predicted molar refractivity (Wildman–Crippen MR) is 75.3 cm³/mol. The Hall–Kier alpha value is -1.35. The molecule has 98 valence electrons. The van der Waals surface area contributed by atoms with Crippen LogP contribution in [0.15, 0.2) is 18.2 Å². The fourth-order valence-corrected chi connectivity index (χ4v) is 3.22. The average molecular weight is 274 g/mol. The number of halogens is 1. The molecule has 0 atom stereocenters. The molecule has 1 fully saturated rings. The van der Waals surface area contributed by atoms with Gasteiger partial charge in [-0.2, -0.15) is 0 Å². The summed E-state index contributed by atoms with van der Waals surface area (Å²) in [6.07, 6.45) is 6.14. The number of fused-ring (bicyclic) bond motifs is 1. The minimum atomic E-state index is 0.439. The zero-order valence-electron chi connectivity index (χ0n) is 10.8. The van der Waals surface area contributed by atoms with Crippen molar-refractivity contribution >= 4 is 11.6 Å². The molecule has 1 aromatic heterocycles. The number of hydrogen-bond acceptors (Lipinski definition) is 2. The Bertz CT molecular complexity index is 628. The Labute approximate surface area is 117 Å². The van der Waals surface area contributed by atoms with Crippen molar-refractivity contribution in [3.8, 4) is 11.4 Å². The van der Waals surface area contributed by atoms with Gasteiger partial charge in [0.2, 0.25) is 0 Å². The first-order chi connectivity index (χ1) is 9.36. The number of rotatable bonds is 3. The van der Waals surface area contributed by atoms with Gasteiger partial charge in [0.1, 0.15) is 5.82 Å². The quantitative estimate of drug-likeness (QED) is 0.801. The van der Waals surface area contributed by atoms with Crippen LogP contribution in [0, 0.1) is 0 Å². The molecule has 1 saturated carbocycles. The molecule has 3 nitrogen and oxygen atoms in total. The van der Waals surface area contributed by atoms with E-state index in [2.05, 4.69) is 33.0 Å². The summed E-state index contributed by atoms with van der Waals surface area (Å²) < 4.78 is 2.24. The second-order valence-electron chi connectivity index (χ2n) is 5.51. The Morgan fingerprint density at radius 3 is 2.79 bits per heavy atom. The summed E-state index contributed by atoms with van der Waals surface area (Å²) in [5, 5.41) is 8.62. The lowest BCUT2D eigenvalue weighted by atomic mass is 10.1. The summed E-state index contributed by atoms with van der Waals surface area (Å²) in [4.78, 5) is 0. The Morgan fingerprint density at radius 1 is 1.16 bits per heavy atom. The molecule has 0 unspecified atom stereocenters. The Morgan fingerprint density at radius 2 is 2.00 bits per heavy atom. The zero-order chi connectivity index (χ0) is 12.8. The second-order valence-corrected chi connectivity index (χ2v) is 5.78. The van der Waals surface area contributed by atoms with Gasteiger partial charge in [-0.05, 0) is 49.3 Å². The van der Waals surface area contributed by atoms with Crippen molar-refractivity contribution < 1.29 is 0 Å². The highest BCUT2D eigenvalue weighted by molar-refractivity contribution is 6.16. The molecular weight excluding hydrogens is 258 g/mol. The summed E-state index contributed by atoms with van der Waals surface area (Å²) in [6, 6.07) is 7.30. The molecule has 0 spiro atoms. The highest BCUT2D eigenvalue weighted by atomic mass is 35.5. The van der Waals surface area contributed by atoms with E-state index in [-0.39, 0.29) is 0 Å². The van der Waals surface area contributed by atoms with Gasteiger partial charge >= 0.3 is 0 Å². The molecule has 1 heterocycles. The zero-order valence-corrected chi connectivity index (χ0v) is 11.5. The maximum Gasteiger partial charge on any atom is 0.164 e. The lowest BCUT2D eigenvalue weighted by Crippen LogP contribution is -2.02. The normalized spacial score (nSPS) is 17.7. The van der Waals surface area contributed by atoms with Crippen LogP contribution in [0.3, 0.4) is 0 Å². The molecule has 19 heavy (non-hydrogen) atoms. The van der Waals surface area contributed by atoms with E-state index in [4.69, 9.17) is 11.6 Å². The smallest absolute Gasteiger partial charge is 0.164 e. The largest absolute Gasteiger partial charge is 0.307 e. The van der Waals surface area contributed by atoms with E-state index in [1.54, 1.807) is 0 Å². The Kier molecular flexibility index (Phi) is 2.62. The van der Waals surface area contributed by atoms with Crippen molar-refractivity contribution in [1.82, 2.24) is 14.8 Å². The molecule has 2 aliphatic carbocycles. The molecule has 4 heteroatoms. The van der Waals surface area contributed by atoms with Gasteiger partial charge in [0.05, 0.1) is 5.88 Å². The topological polar surface area (TPSA) is 30.7 Å². The molecule has 0 aliphatic heterocycles. The van der Waals surface area contributed by atoms with Crippen LogP contribution < -0.4 is 0 Å². The maximum absolute atomic E-state index is 5.98. The number of hydrogen-bond donors (Lipinski definition) is 0. The van der Waals surface area contributed by atoms with Crippen molar-refractivity contribution in [1.29, 1.82) is 0 Å². The number of nitrogens with zero attached hydrogens (tertiary/aromatic N) is 3. The molecule has 4 rings (SSSR count). The third-order valence-corrected chi connectivity index (χ3v) is 4.39. The molecular formula is C15H16ClN3. The van der Waals surface area contributed by atoms with Crippen LogP contribution in [0.1, 0.15) is 42.3 Å². The van der Waals surface area contributed by atoms with Gasteiger partial charge in [-0.3, -0.25) is 0 Å². The molecule has 2 aliphatic rings. The van der Waals surface area contributed by atoms with Crippen LogP contribution in [-0.2, 0) is 18.7 Å². The molecule has 0 N–H and O–H groups in total. The summed E-state index contributed by atoms with van der Waals surface area (Å²) in [5.74, 6) is 2.33. The molecule has 2 aromatic rings. The van der Waals surface area contributed by atoms with Gasteiger partial charge < -0.3 is 4.57 Å². The fourth-order valence-electron chi connectivity index (χ4n) is 3.04. The molecule has 0 saturated heterocycles. The lowest BCUT2D eigenvalue weighted by molar-refractivity contribution is 0.712. The SMILES string of the molecule is ClCc1nnc(-c2ccc3c(c2)CCC3)n1C1CC1. The minimum Gasteiger partial charge on any atom is -0.307 e. The van der Waals surface area contributed by atoms with Crippen molar-refractivity contribution in [2.45, 2.75) is 44.0 Å². The van der Waals surface area contributed by atoms with E-state index in [1.807, 2.05) is 0 Å². The summed E-state index contributed by atoms with van der Waals surface area (Å²) >= 11 is 5.98. The van der Waals surface area contributed by atoms with E-state index in [0.29, 0.717) is 11.9 Å². The summed E-state index contributed by atoms with van der Waals surface area (Å²) in [6.45, 7) is 0. The third-order valence-electron chi connectivity index (χ3n) is 4.15. The first kappa shape index (κ1) is 11.5. The monoisotopic (exact) mass is 273 g/mol. The number of benzene rings is 1. The van der Waals surface area contributed by atoms with Crippen LogP contribution in [0.5, 0.6) is 0 Å². The summed E-state index contributed by atoms with van der Waals surface area (Å²) in [7, 11) is 0. The van der Waals surface area contributed by atoms with Crippen molar-refractivity contribution in [2.24, 2.45) is 0 Å². The van der Waals surface area contributed by atoms with Crippen LogP contribution in [0.25, 0.3) is 11.4 Å². The van der Waals surface area contributed by atoms with Crippen LogP contribution in [0.4, 0.5) is 0 Å². The lowest BCUT2D eigenvalue weighted by Gasteiger charge is -2.09. The van der Waals surface area contributed by atoms with Crippen molar-refractivity contribution in [2.75, 3.05) is 0 Å². The van der Waals surface area contributed by atoms with Crippen LogP contribution in [0.2, 0.25) is 0 Å². The standard InChI is InChI=1S/C15H16ClN3/c16-9-14-17-18-15(19(14)13-6-7-13)12-5-4-10-2-1-3-11(10)8-12/h4-5,8,13H,1-3,6-7,9H2. The third kappa shape index (κ3) is 1.88. The van der Waals surface area contributed by atoms with Gasteiger partial charge in [-0.15, -0.1) is 21.8 Å².